The summed E-state index contributed by atoms with van der Waals surface area (Å²) in [6.07, 6.45) is 6.78. The van der Waals surface area contributed by atoms with Crippen molar-refractivity contribution < 1.29 is 0 Å². The molecule has 0 aromatic carbocycles. The minimum atomic E-state index is 0.550. The number of nitrogens with zero attached hydrogens (tertiary/aromatic N) is 4. The van der Waals surface area contributed by atoms with Crippen molar-refractivity contribution in [3.8, 4) is 11.5 Å². The van der Waals surface area contributed by atoms with Gasteiger partial charge in [-0.3, -0.25) is 0 Å². The Labute approximate surface area is 138 Å². The molecule has 5 nitrogen and oxygen atoms in total. The smallest absolute Gasteiger partial charge is 0.180 e. The first-order chi connectivity index (χ1) is 10.2. The van der Waals surface area contributed by atoms with Crippen LogP contribution in [0.3, 0.4) is 0 Å². The maximum Gasteiger partial charge on any atom is 0.180 e. The second-order valence-corrected chi connectivity index (χ2v) is 6.39. The first-order valence-corrected chi connectivity index (χ1v) is 8.32. The van der Waals surface area contributed by atoms with Gasteiger partial charge in [0.1, 0.15) is 17.3 Å². The van der Waals surface area contributed by atoms with E-state index in [4.69, 9.17) is 4.98 Å². The van der Waals surface area contributed by atoms with Gasteiger partial charge in [0.2, 0.25) is 0 Å². The number of nitrogens with one attached hydrogen (secondary N) is 1. The van der Waals surface area contributed by atoms with Gasteiger partial charge in [0.25, 0.3) is 0 Å². The summed E-state index contributed by atoms with van der Waals surface area (Å²) in [6, 6.07) is 1.87. The summed E-state index contributed by atoms with van der Waals surface area (Å²) in [5.41, 5.74) is 1.95. The molecule has 0 bridgehead atoms. The van der Waals surface area contributed by atoms with Crippen LogP contribution in [0, 0.1) is 10.5 Å². The lowest BCUT2D eigenvalue weighted by Crippen LogP contribution is -2.08. The quantitative estimate of drug-likeness (QED) is 0.806. The van der Waals surface area contributed by atoms with Crippen molar-refractivity contribution in [3.05, 3.63) is 27.4 Å². The summed E-state index contributed by atoms with van der Waals surface area (Å²) in [4.78, 5) is 18.0. The van der Waals surface area contributed by atoms with Gasteiger partial charge >= 0.3 is 0 Å². The van der Waals surface area contributed by atoms with E-state index in [1.165, 1.54) is 31.4 Å². The predicted molar refractivity (Wildman–Crippen MR) is 91.3 cm³/mol. The van der Waals surface area contributed by atoms with Gasteiger partial charge in [-0.1, -0.05) is 12.8 Å². The minimum absolute atomic E-state index is 0.550. The van der Waals surface area contributed by atoms with Crippen LogP contribution in [0.15, 0.2) is 12.3 Å². The number of halogens is 1. The largest absolute Gasteiger partial charge is 0.372 e. The molecule has 1 saturated carbocycles. The van der Waals surface area contributed by atoms with Crippen molar-refractivity contribution in [3.63, 3.8) is 0 Å². The van der Waals surface area contributed by atoms with Gasteiger partial charge in [-0.2, -0.15) is 0 Å². The van der Waals surface area contributed by atoms with E-state index in [-0.39, 0.29) is 0 Å². The molecule has 0 amide bonds. The summed E-state index contributed by atoms with van der Waals surface area (Å²) >= 11 is 2.35. The van der Waals surface area contributed by atoms with Crippen molar-refractivity contribution in [2.75, 3.05) is 12.4 Å². The molecule has 21 heavy (non-hydrogen) atoms. The molecule has 0 unspecified atom stereocenters. The Morgan fingerprint density at radius 1 is 1.19 bits per heavy atom. The van der Waals surface area contributed by atoms with Gasteiger partial charge in [0.05, 0.1) is 9.26 Å². The fourth-order valence-corrected chi connectivity index (χ4v) is 3.75. The van der Waals surface area contributed by atoms with E-state index in [1.54, 1.807) is 6.20 Å². The second kappa shape index (κ2) is 6.21. The molecule has 0 atom stereocenters. The van der Waals surface area contributed by atoms with Crippen LogP contribution in [-0.2, 0) is 0 Å². The molecular weight excluding hydrogens is 377 g/mol. The number of aromatic nitrogens is 4. The molecule has 2 aromatic heterocycles. The highest BCUT2D eigenvalue weighted by atomic mass is 127. The molecule has 3 rings (SSSR count). The average Bonchev–Trinajstić information content (AvgIpc) is 3.01. The van der Waals surface area contributed by atoms with Gasteiger partial charge in [-0.05, 0) is 48.4 Å². The first-order valence-electron chi connectivity index (χ1n) is 7.24. The Kier molecular flexibility index (Phi) is 4.32. The Balaban J connectivity index is 2.10. The van der Waals surface area contributed by atoms with E-state index in [9.17, 15) is 0 Å². The van der Waals surface area contributed by atoms with E-state index in [2.05, 4.69) is 42.9 Å². The highest BCUT2D eigenvalue weighted by molar-refractivity contribution is 14.1. The molecule has 0 radical (unpaired) electrons. The highest BCUT2D eigenvalue weighted by Gasteiger charge is 2.24. The fraction of sp³-hybridized carbons (Fsp3) is 0.467. The third-order valence-electron chi connectivity index (χ3n) is 3.86. The number of rotatable bonds is 3. The molecule has 2 heterocycles. The Morgan fingerprint density at radius 2 is 1.95 bits per heavy atom. The van der Waals surface area contributed by atoms with Crippen LogP contribution in [0.5, 0.6) is 0 Å². The van der Waals surface area contributed by atoms with Crippen LogP contribution in [0.1, 0.15) is 43.1 Å². The number of anilines is 1. The zero-order valence-corrected chi connectivity index (χ0v) is 14.4. The zero-order valence-electron chi connectivity index (χ0n) is 12.2. The average molecular weight is 395 g/mol. The third kappa shape index (κ3) is 3.00. The van der Waals surface area contributed by atoms with E-state index in [0.29, 0.717) is 11.7 Å². The Bertz CT molecular complexity index is 653. The lowest BCUT2D eigenvalue weighted by Gasteiger charge is -2.15. The standard InChI is InChI=1S/C15H18IN5/c1-9-18-8-7-11(19-9)14-20-13(10-5-3-4-6-10)12(16)15(17-2)21-14/h7-8,10H,3-6H2,1-2H3,(H,17,20,21). The van der Waals surface area contributed by atoms with Crippen molar-refractivity contribution in [1.29, 1.82) is 0 Å². The summed E-state index contributed by atoms with van der Waals surface area (Å²) < 4.78 is 1.14. The first kappa shape index (κ1) is 14.6. The molecule has 1 aliphatic carbocycles. The molecule has 2 aromatic rings. The monoisotopic (exact) mass is 395 g/mol. The number of hydrogen-bond donors (Lipinski definition) is 1. The molecule has 1 N–H and O–H groups in total. The zero-order chi connectivity index (χ0) is 14.8. The lowest BCUT2D eigenvalue weighted by atomic mass is 10.0. The summed E-state index contributed by atoms with van der Waals surface area (Å²) in [5.74, 6) is 2.86. The Hall–Kier alpha value is -1.31. The molecule has 110 valence electrons. The summed E-state index contributed by atoms with van der Waals surface area (Å²) in [5, 5.41) is 3.18. The predicted octanol–water partition coefficient (Wildman–Crippen LogP) is 3.55. The molecular formula is C15H18IN5. The van der Waals surface area contributed by atoms with Crippen molar-refractivity contribution in [2.45, 2.75) is 38.5 Å². The van der Waals surface area contributed by atoms with E-state index in [0.717, 1.165) is 20.9 Å². The molecule has 1 fully saturated rings. The highest BCUT2D eigenvalue weighted by Crippen LogP contribution is 2.37. The van der Waals surface area contributed by atoms with E-state index < -0.39 is 0 Å². The molecule has 0 spiro atoms. The molecule has 6 heteroatoms. The van der Waals surface area contributed by atoms with Gasteiger partial charge in [-0.25, -0.2) is 19.9 Å². The van der Waals surface area contributed by atoms with Crippen LogP contribution in [0.4, 0.5) is 5.82 Å². The molecule has 1 aliphatic rings. The van der Waals surface area contributed by atoms with Gasteiger partial charge < -0.3 is 5.32 Å². The number of aryl methyl sites for hydroxylation is 1. The minimum Gasteiger partial charge on any atom is -0.372 e. The van der Waals surface area contributed by atoms with Gasteiger partial charge in [-0.15, -0.1) is 0 Å². The summed E-state index contributed by atoms with van der Waals surface area (Å²) in [7, 11) is 1.90. The van der Waals surface area contributed by atoms with Gasteiger partial charge in [0, 0.05) is 19.2 Å². The topological polar surface area (TPSA) is 63.6 Å². The van der Waals surface area contributed by atoms with Crippen LogP contribution in [0.2, 0.25) is 0 Å². The maximum absolute atomic E-state index is 4.83. The molecule has 0 aliphatic heterocycles. The van der Waals surface area contributed by atoms with Gasteiger partial charge in [0.15, 0.2) is 5.82 Å². The van der Waals surface area contributed by atoms with Crippen molar-refractivity contribution >= 4 is 28.4 Å². The maximum atomic E-state index is 4.83. The van der Waals surface area contributed by atoms with E-state index >= 15 is 0 Å². The van der Waals surface area contributed by atoms with Crippen LogP contribution in [0.25, 0.3) is 11.5 Å². The molecule has 0 saturated heterocycles. The van der Waals surface area contributed by atoms with Crippen LogP contribution in [-0.4, -0.2) is 27.0 Å². The van der Waals surface area contributed by atoms with Crippen LogP contribution >= 0.6 is 22.6 Å². The lowest BCUT2D eigenvalue weighted by molar-refractivity contribution is 0.690. The summed E-state index contributed by atoms with van der Waals surface area (Å²) in [6.45, 7) is 1.88. The third-order valence-corrected chi connectivity index (χ3v) is 4.92. The SMILES string of the molecule is CNc1nc(-c2ccnc(C)n2)nc(C2CCCC2)c1I. The second-order valence-electron chi connectivity index (χ2n) is 5.32. The van der Waals surface area contributed by atoms with Crippen LogP contribution < -0.4 is 5.32 Å². The van der Waals surface area contributed by atoms with Crippen molar-refractivity contribution in [2.24, 2.45) is 0 Å². The Morgan fingerprint density at radius 3 is 2.62 bits per heavy atom. The normalized spacial score (nSPS) is 15.4. The number of hydrogen-bond acceptors (Lipinski definition) is 5. The fourth-order valence-electron chi connectivity index (χ4n) is 2.80. The van der Waals surface area contributed by atoms with Crippen molar-refractivity contribution in [1.82, 2.24) is 19.9 Å². The van der Waals surface area contributed by atoms with E-state index in [1.807, 2.05) is 20.0 Å².